The van der Waals surface area contributed by atoms with Gasteiger partial charge in [-0.25, -0.2) is 0 Å². The zero-order chi connectivity index (χ0) is 10.3. The molecule has 1 aliphatic heterocycles. The number of benzene rings is 2. The molecular formula is C13H12O2. The summed E-state index contributed by atoms with van der Waals surface area (Å²) in [4.78, 5) is 0. The lowest BCUT2D eigenvalue weighted by Crippen LogP contribution is -2.08. The smallest absolute Gasteiger partial charge is 0.123 e. The van der Waals surface area contributed by atoms with Crippen LogP contribution in [0, 0.1) is 0 Å². The summed E-state index contributed by atoms with van der Waals surface area (Å²) in [6, 6.07) is 9.50. The molecule has 0 bridgehead atoms. The summed E-state index contributed by atoms with van der Waals surface area (Å²) in [7, 11) is 0. The Morgan fingerprint density at radius 2 is 2.07 bits per heavy atom. The number of fused-ring (bicyclic) bond motifs is 3. The molecule has 3 rings (SSSR count). The number of phenols is 1. The van der Waals surface area contributed by atoms with Crippen LogP contribution in [0.25, 0.3) is 10.8 Å². The molecule has 1 N–H and O–H groups in total. The van der Waals surface area contributed by atoms with E-state index in [2.05, 4.69) is 0 Å². The van der Waals surface area contributed by atoms with Gasteiger partial charge in [0.15, 0.2) is 0 Å². The molecule has 0 atom stereocenters. The molecule has 0 saturated carbocycles. The zero-order valence-corrected chi connectivity index (χ0v) is 8.36. The molecule has 15 heavy (non-hydrogen) atoms. The summed E-state index contributed by atoms with van der Waals surface area (Å²) < 4.78 is 5.60. The lowest BCUT2D eigenvalue weighted by Gasteiger charge is -2.18. The summed E-state index contributed by atoms with van der Waals surface area (Å²) in [6.45, 7) is 0.816. The molecule has 0 fully saturated rings. The first-order valence-corrected chi connectivity index (χ1v) is 5.22. The van der Waals surface area contributed by atoms with Crippen molar-refractivity contribution in [3.63, 3.8) is 0 Å². The average molecular weight is 200 g/mol. The third kappa shape index (κ3) is 1.33. The van der Waals surface area contributed by atoms with Crippen LogP contribution in [0.3, 0.4) is 0 Å². The van der Waals surface area contributed by atoms with Crippen molar-refractivity contribution in [1.82, 2.24) is 0 Å². The standard InChI is InChI=1S/C13H12O2/c14-10-4-5-11-9(8-10)3-6-13-12(11)2-1-7-15-13/h3-6,8,14H,1-2,7H2. The number of aromatic hydroxyl groups is 1. The van der Waals surface area contributed by atoms with Gasteiger partial charge in [-0.3, -0.25) is 0 Å². The fraction of sp³-hybridized carbons (Fsp3) is 0.231. The Balaban J connectivity index is 2.32. The van der Waals surface area contributed by atoms with Gasteiger partial charge in [0.25, 0.3) is 0 Å². The second kappa shape index (κ2) is 3.16. The van der Waals surface area contributed by atoms with Gasteiger partial charge in [-0.15, -0.1) is 0 Å². The zero-order valence-electron chi connectivity index (χ0n) is 8.36. The van der Waals surface area contributed by atoms with Crippen molar-refractivity contribution in [3.8, 4) is 11.5 Å². The van der Waals surface area contributed by atoms with E-state index in [0.29, 0.717) is 5.75 Å². The molecule has 1 aliphatic rings. The lowest BCUT2D eigenvalue weighted by molar-refractivity contribution is 0.289. The van der Waals surface area contributed by atoms with Crippen LogP contribution in [-0.2, 0) is 6.42 Å². The van der Waals surface area contributed by atoms with Crippen molar-refractivity contribution in [2.75, 3.05) is 6.61 Å². The van der Waals surface area contributed by atoms with Crippen LogP contribution in [0.1, 0.15) is 12.0 Å². The van der Waals surface area contributed by atoms with Crippen molar-refractivity contribution < 1.29 is 9.84 Å². The first-order valence-electron chi connectivity index (χ1n) is 5.22. The molecule has 2 nitrogen and oxygen atoms in total. The second-order valence-corrected chi connectivity index (χ2v) is 3.90. The van der Waals surface area contributed by atoms with Gasteiger partial charge in [0.05, 0.1) is 6.61 Å². The highest BCUT2D eigenvalue weighted by molar-refractivity contribution is 5.89. The number of phenolic OH excluding ortho intramolecular Hbond substituents is 1. The Bertz CT molecular complexity index is 517. The van der Waals surface area contributed by atoms with Crippen LogP contribution in [0.15, 0.2) is 30.3 Å². The Morgan fingerprint density at radius 1 is 1.13 bits per heavy atom. The molecule has 0 amide bonds. The largest absolute Gasteiger partial charge is 0.508 e. The van der Waals surface area contributed by atoms with E-state index in [1.165, 1.54) is 10.9 Å². The fourth-order valence-corrected chi connectivity index (χ4v) is 2.19. The molecule has 2 aromatic carbocycles. The first kappa shape index (κ1) is 8.60. The SMILES string of the molecule is Oc1ccc2c3c(ccc2c1)OCCC3. The number of hydrogen-bond donors (Lipinski definition) is 1. The quantitative estimate of drug-likeness (QED) is 0.708. The van der Waals surface area contributed by atoms with Crippen LogP contribution in [-0.4, -0.2) is 11.7 Å². The molecule has 0 aliphatic carbocycles. The van der Waals surface area contributed by atoms with Gasteiger partial charge in [0.2, 0.25) is 0 Å². The molecule has 2 aromatic rings. The highest BCUT2D eigenvalue weighted by Gasteiger charge is 2.13. The van der Waals surface area contributed by atoms with E-state index >= 15 is 0 Å². The minimum atomic E-state index is 0.319. The van der Waals surface area contributed by atoms with E-state index in [1.807, 2.05) is 18.2 Å². The van der Waals surface area contributed by atoms with E-state index in [-0.39, 0.29) is 0 Å². The molecule has 2 heteroatoms. The van der Waals surface area contributed by atoms with Gasteiger partial charge >= 0.3 is 0 Å². The fourth-order valence-electron chi connectivity index (χ4n) is 2.19. The maximum Gasteiger partial charge on any atom is 0.123 e. The van der Waals surface area contributed by atoms with Gasteiger partial charge in [0, 0.05) is 5.56 Å². The summed E-state index contributed by atoms with van der Waals surface area (Å²) in [5, 5.41) is 11.7. The normalized spacial score (nSPS) is 14.7. The second-order valence-electron chi connectivity index (χ2n) is 3.90. The Hall–Kier alpha value is -1.70. The van der Waals surface area contributed by atoms with E-state index in [9.17, 15) is 5.11 Å². The molecule has 0 radical (unpaired) electrons. The molecular weight excluding hydrogens is 188 g/mol. The highest BCUT2D eigenvalue weighted by atomic mass is 16.5. The number of aryl methyl sites for hydroxylation is 1. The third-order valence-electron chi connectivity index (χ3n) is 2.90. The Morgan fingerprint density at radius 3 is 3.00 bits per heavy atom. The van der Waals surface area contributed by atoms with E-state index in [4.69, 9.17) is 4.74 Å². The van der Waals surface area contributed by atoms with Crippen molar-refractivity contribution in [2.24, 2.45) is 0 Å². The summed E-state index contributed by atoms with van der Waals surface area (Å²) >= 11 is 0. The molecule has 0 spiro atoms. The molecule has 0 saturated heterocycles. The summed E-state index contributed by atoms with van der Waals surface area (Å²) in [6.07, 6.45) is 2.14. The van der Waals surface area contributed by atoms with Crippen LogP contribution in [0.4, 0.5) is 0 Å². The van der Waals surface area contributed by atoms with E-state index in [0.717, 1.165) is 30.6 Å². The van der Waals surface area contributed by atoms with E-state index < -0.39 is 0 Å². The lowest BCUT2D eigenvalue weighted by atomic mass is 9.98. The Kier molecular flexibility index (Phi) is 1.81. The maximum atomic E-state index is 9.40. The van der Waals surface area contributed by atoms with Crippen LogP contribution in [0.5, 0.6) is 11.5 Å². The minimum absolute atomic E-state index is 0.319. The number of hydrogen-bond acceptors (Lipinski definition) is 2. The molecule has 0 aromatic heterocycles. The van der Waals surface area contributed by atoms with Gasteiger partial charge < -0.3 is 9.84 Å². The van der Waals surface area contributed by atoms with Crippen molar-refractivity contribution in [1.29, 1.82) is 0 Å². The predicted octanol–water partition coefficient (Wildman–Crippen LogP) is 2.87. The third-order valence-corrected chi connectivity index (χ3v) is 2.90. The monoisotopic (exact) mass is 200 g/mol. The average Bonchev–Trinajstić information content (AvgIpc) is 2.28. The topological polar surface area (TPSA) is 29.5 Å². The van der Waals surface area contributed by atoms with Gasteiger partial charge in [0.1, 0.15) is 11.5 Å². The van der Waals surface area contributed by atoms with Gasteiger partial charge in [-0.1, -0.05) is 12.1 Å². The Labute approximate surface area is 88.1 Å². The van der Waals surface area contributed by atoms with E-state index in [1.54, 1.807) is 12.1 Å². The summed E-state index contributed by atoms with van der Waals surface area (Å²) in [5.41, 5.74) is 1.28. The predicted molar refractivity (Wildman–Crippen MR) is 59.4 cm³/mol. The van der Waals surface area contributed by atoms with Gasteiger partial charge in [-0.05, 0) is 41.8 Å². The molecule has 76 valence electrons. The molecule has 0 unspecified atom stereocenters. The van der Waals surface area contributed by atoms with Gasteiger partial charge in [-0.2, -0.15) is 0 Å². The van der Waals surface area contributed by atoms with Crippen molar-refractivity contribution >= 4 is 10.8 Å². The van der Waals surface area contributed by atoms with Crippen LogP contribution < -0.4 is 4.74 Å². The minimum Gasteiger partial charge on any atom is -0.508 e. The van der Waals surface area contributed by atoms with Crippen LogP contribution >= 0.6 is 0 Å². The van der Waals surface area contributed by atoms with Crippen molar-refractivity contribution in [2.45, 2.75) is 12.8 Å². The maximum absolute atomic E-state index is 9.40. The molecule has 1 heterocycles. The van der Waals surface area contributed by atoms with Crippen LogP contribution in [0.2, 0.25) is 0 Å². The summed E-state index contributed by atoms with van der Waals surface area (Å²) in [5.74, 6) is 1.32. The first-order chi connectivity index (χ1) is 7.34. The van der Waals surface area contributed by atoms with Crippen molar-refractivity contribution in [3.05, 3.63) is 35.9 Å². The number of ether oxygens (including phenoxy) is 1. The number of rotatable bonds is 0. The highest BCUT2D eigenvalue weighted by Crippen LogP contribution is 2.33.